The number of rotatable bonds is 9. The summed E-state index contributed by atoms with van der Waals surface area (Å²) in [5.74, 6) is -1.54. The van der Waals surface area contributed by atoms with E-state index in [1.807, 2.05) is 0 Å². The minimum atomic E-state index is -1.02. The van der Waals surface area contributed by atoms with Gasteiger partial charge in [0.2, 0.25) is 5.89 Å². The van der Waals surface area contributed by atoms with Crippen molar-refractivity contribution in [2.75, 3.05) is 7.11 Å². The van der Waals surface area contributed by atoms with Gasteiger partial charge in [0.1, 0.15) is 28.7 Å². The number of hydrogen-bond donors (Lipinski definition) is 1. The van der Waals surface area contributed by atoms with E-state index in [1.165, 1.54) is 13.2 Å². The Labute approximate surface area is 270 Å². The Morgan fingerprint density at radius 3 is 2.06 bits per heavy atom. The molecule has 0 saturated carbocycles. The molecule has 5 aromatic rings. The number of nitrogens with zero attached hydrogens (tertiary/aromatic N) is 1. The molecule has 5 rings (SSSR count). The summed E-state index contributed by atoms with van der Waals surface area (Å²) in [4.78, 5) is 55.2. The second-order valence-electron chi connectivity index (χ2n) is 11.4. The van der Waals surface area contributed by atoms with Crippen molar-refractivity contribution in [3.05, 3.63) is 114 Å². The molecular weight excluding hydrogens is 604 g/mol. The third-order valence-corrected chi connectivity index (χ3v) is 6.68. The zero-order chi connectivity index (χ0) is 33.6. The highest BCUT2D eigenvalue weighted by atomic mass is 16.6. The van der Waals surface area contributed by atoms with Crippen molar-refractivity contribution in [2.24, 2.45) is 0 Å². The highest BCUT2D eigenvalue weighted by Gasteiger charge is 2.26. The minimum absolute atomic E-state index is 0.0521. The molecule has 0 spiro atoms. The number of fused-ring (bicyclic) bond motifs is 1. The van der Waals surface area contributed by atoms with Crippen molar-refractivity contribution in [3.8, 4) is 23.0 Å². The van der Waals surface area contributed by atoms with Crippen molar-refractivity contribution in [2.45, 2.75) is 38.8 Å². The summed E-state index contributed by atoms with van der Waals surface area (Å²) in [6, 6.07) is 25.5. The van der Waals surface area contributed by atoms with E-state index in [0.29, 0.717) is 33.4 Å². The van der Waals surface area contributed by atoms with Gasteiger partial charge in [-0.15, -0.1) is 0 Å². The summed E-state index contributed by atoms with van der Waals surface area (Å²) in [6.07, 6.45) is -0.668. The van der Waals surface area contributed by atoms with Gasteiger partial charge in [0.25, 0.3) is 0 Å². The summed E-state index contributed by atoms with van der Waals surface area (Å²) in [7, 11) is 1.23. The molecule has 240 valence electrons. The van der Waals surface area contributed by atoms with Gasteiger partial charge >= 0.3 is 24.0 Å². The van der Waals surface area contributed by atoms with Crippen LogP contribution in [0.5, 0.6) is 11.5 Å². The molecule has 0 radical (unpaired) electrons. The Balaban J connectivity index is 1.44. The number of aromatic nitrogens is 1. The third kappa shape index (κ3) is 8.40. The lowest BCUT2D eigenvalue weighted by molar-refractivity contribution is -0.143. The van der Waals surface area contributed by atoms with Crippen LogP contribution in [0.15, 0.2) is 101 Å². The van der Waals surface area contributed by atoms with E-state index in [2.05, 4.69) is 10.3 Å². The Morgan fingerprint density at radius 2 is 1.45 bits per heavy atom. The van der Waals surface area contributed by atoms with Gasteiger partial charge in [-0.25, -0.2) is 24.2 Å². The van der Waals surface area contributed by atoms with Crippen LogP contribution in [0.3, 0.4) is 0 Å². The summed E-state index contributed by atoms with van der Waals surface area (Å²) in [5, 5.41) is 2.56. The smallest absolute Gasteiger partial charge is 0.408 e. The molecule has 11 nitrogen and oxygen atoms in total. The molecule has 1 aromatic heterocycles. The number of carbonyl (C=O) groups is 4. The fourth-order valence-corrected chi connectivity index (χ4v) is 4.54. The van der Waals surface area contributed by atoms with Crippen molar-refractivity contribution in [1.82, 2.24) is 10.3 Å². The molecule has 0 aliphatic heterocycles. The monoisotopic (exact) mass is 636 g/mol. The summed E-state index contributed by atoms with van der Waals surface area (Å²) in [6.45, 7) is 5.15. The van der Waals surface area contributed by atoms with Gasteiger partial charge in [-0.3, -0.25) is 0 Å². The molecule has 1 heterocycles. The molecule has 0 saturated heterocycles. The first kappa shape index (κ1) is 32.4. The number of hydrogen-bond acceptors (Lipinski definition) is 10. The normalized spacial score (nSPS) is 11.7. The maximum atomic E-state index is 13.0. The lowest BCUT2D eigenvalue weighted by Gasteiger charge is -2.22. The third-order valence-electron chi connectivity index (χ3n) is 6.68. The minimum Gasteiger partial charge on any atom is -0.467 e. The topological polar surface area (TPSA) is 143 Å². The molecule has 11 heteroatoms. The fraction of sp³-hybridized carbons (Fsp3) is 0.194. The SMILES string of the molecule is COC(=O)[C@H](Cc1ccc2oc(-c3ccc(OC(=O)c4ccccc4)cc3OC(=O)c3ccccc3)nc2c1)NC(=O)OC(C)(C)C. The molecule has 1 N–H and O–H groups in total. The predicted octanol–water partition coefficient (Wildman–Crippen LogP) is 6.54. The molecule has 47 heavy (non-hydrogen) atoms. The first-order chi connectivity index (χ1) is 22.5. The van der Waals surface area contributed by atoms with Gasteiger partial charge < -0.3 is 28.7 Å². The Kier molecular flexibility index (Phi) is 9.65. The van der Waals surface area contributed by atoms with Gasteiger partial charge in [0, 0.05) is 12.5 Å². The van der Waals surface area contributed by atoms with Gasteiger partial charge in [0.15, 0.2) is 5.58 Å². The molecule has 0 aliphatic rings. The van der Waals surface area contributed by atoms with Crippen LogP contribution in [0.25, 0.3) is 22.6 Å². The van der Waals surface area contributed by atoms with E-state index >= 15 is 0 Å². The van der Waals surface area contributed by atoms with Crippen molar-refractivity contribution in [3.63, 3.8) is 0 Å². The van der Waals surface area contributed by atoms with Gasteiger partial charge in [-0.1, -0.05) is 42.5 Å². The van der Waals surface area contributed by atoms with Crippen LogP contribution >= 0.6 is 0 Å². The number of nitrogens with one attached hydrogen (secondary N) is 1. The number of benzene rings is 4. The van der Waals surface area contributed by atoms with Crippen LogP contribution in [0.2, 0.25) is 0 Å². The first-order valence-corrected chi connectivity index (χ1v) is 14.6. The summed E-state index contributed by atoms with van der Waals surface area (Å²) in [5.41, 5.74) is 1.75. The van der Waals surface area contributed by atoms with Crippen LogP contribution in [0, 0.1) is 0 Å². The van der Waals surface area contributed by atoms with Gasteiger partial charge in [0.05, 0.1) is 23.8 Å². The van der Waals surface area contributed by atoms with Crippen molar-refractivity contribution < 1.29 is 42.5 Å². The number of esters is 3. The van der Waals surface area contributed by atoms with Crippen LogP contribution in [-0.2, 0) is 20.7 Å². The Hall–Kier alpha value is -5.97. The van der Waals surface area contributed by atoms with E-state index in [9.17, 15) is 19.2 Å². The van der Waals surface area contributed by atoms with Crippen LogP contribution in [0.1, 0.15) is 47.1 Å². The lowest BCUT2D eigenvalue weighted by Crippen LogP contribution is -2.45. The van der Waals surface area contributed by atoms with E-state index in [-0.39, 0.29) is 23.8 Å². The number of oxazole rings is 1. The van der Waals surface area contributed by atoms with E-state index in [0.717, 1.165) is 0 Å². The average Bonchev–Trinajstić information content (AvgIpc) is 3.47. The zero-order valence-corrected chi connectivity index (χ0v) is 26.1. The molecule has 1 amide bonds. The van der Waals surface area contributed by atoms with Crippen LogP contribution in [0.4, 0.5) is 4.79 Å². The summed E-state index contributed by atoms with van der Waals surface area (Å²) >= 11 is 0. The van der Waals surface area contributed by atoms with Gasteiger partial charge in [-0.2, -0.15) is 0 Å². The van der Waals surface area contributed by atoms with E-state index in [1.54, 1.807) is 112 Å². The number of amides is 1. The van der Waals surface area contributed by atoms with Crippen LogP contribution in [-0.4, -0.2) is 47.7 Å². The lowest BCUT2D eigenvalue weighted by atomic mass is 10.1. The van der Waals surface area contributed by atoms with E-state index < -0.39 is 35.6 Å². The van der Waals surface area contributed by atoms with Crippen LogP contribution < -0.4 is 14.8 Å². The molecule has 0 unspecified atom stereocenters. The number of alkyl carbamates (subject to hydrolysis) is 1. The standard InChI is InChI=1S/C36H32N2O9/c1-36(2,3)47-35(42)38-28(34(41)43-4)20-22-15-18-29-27(19-22)37-31(45-29)26-17-16-25(44-32(39)23-11-7-5-8-12-23)21-30(26)46-33(40)24-13-9-6-10-14-24/h5-19,21,28H,20H2,1-4H3,(H,38,42)/t28-/m0/s1. The molecule has 0 aliphatic carbocycles. The molecule has 1 atom stereocenters. The number of ether oxygens (including phenoxy) is 4. The number of carbonyl (C=O) groups excluding carboxylic acids is 4. The predicted molar refractivity (Wildman–Crippen MR) is 171 cm³/mol. The second-order valence-corrected chi connectivity index (χ2v) is 11.4. The Morgan fingerprint density at radius 1 is 0.809 bits per heavy atom. The first-order valence-electron chi connectivity index (χ1n) is 14.6. The molecule has 4 aromatic carbocycles. The highest BCUT2D eigenvalue weighted by molar-refractivity contribution is 5.93. The molecule has 0 bridgehead atoms. The van der Waals surface area contributed by atoms with E-state index in [4.69, 9.17) is 23.4 Å². The molecule has 0 fully saturated rings. The maximum absolute atomic E-state index is 13.0. The molecular formula is C36H32N2O9. The number of methoxy groups -OCH3 is 1. The fourth-order valence-electron chi connectivity index (χ4n) is 4.54. The van der Waals surface area contributed by atoms with Crippen molar-refractivity contribution >= 4 is 35.1 Å². The van der Waals surface area contributed by atoms with Gasteiger partial charge in [-0.05, 0) is 74.9 Å². The zero-order valence-electron chi connectivity index (χ0n) is 26.1. The quantitative estimate of drug-likeness (QED) is 0.140. The highest BCUT2D eigenvalue weighted by Crippen LogP contribution is 2.36. The maximum Gasteiger partial charge on any atom is 0.408 e. The second kappa shape index (κ2) is 14.0. The average molecular weight is 637 g/mol. The summed E-state index contributed by atoms with van der Waals surface area (Å²) < 4.78 is 27.5. The van der Waals surface area contributed by atoms with Crippen molar-refractivity contribution in [1.29, 1.82) is 0 Å². The largest absolute Gasteiger partial charge is 0.467 e. The Bertz CT molecular complexity index is 1910.